The minimum absolute atomic E-state index is 0.0817. The number of fused-ring (bicyclic) bond motifs is 1. The summed E-state index contributed by atoms with van der Waals surface area (Å²) in [5.41, 5.74) is 8.36. The van der Waals surface area contributed by atoms with E-state index in [2.05, 4.69) is 10.3 Å². The highest BCUT2D eigenvalue weighted by molar-refractivity contribution is 5.82. The molecule has 168 valence electrons. The van der Waals surface area contributed by atoms with Crippen LogP contribution in [0.1, 0.15) is 24.0 Å². The number of nitrogens with one attached hydrogen (secondary N) is 1. The van der Waals surface area contributed by atoms with Crippen LogP contribution in [0.5, 0.6) is 0 Å². The molecule has 0 bridgehead atoms. The number of halogens is 3. The minimum Gasteiger partial charge on any atom is -0.375 e. The summed E-state index contributed by atoms with van der Waals surface area (Å²) in [6, 6.07) is 9.79. The van der Waals surface area contributed by atoms with Crippen molar-refractivity contribution in [3.8, 4) is 0 Å². The SMILES string of the molecule is NC(Cc1ccnc2ccc(F)cc12)[C@@H]1CC[C@@H](NCC=Cc2cc(F)ccc2F)CO1. The van der Waals surface area contributed by atoms with Gasteiger partial charge in [0, 0.05) is 35.8 Å². The van der Waals surface area contributed by atoms with E-state index in [0.29, 0.717) is 19.6 Å². The van der Waals surface area contributed by atoms with Gasteiger partial charge in [0.05, 0.1) is 18.2 Å². The molecule has 3 aromatic rings. The van der Waals surface area contributed by atoms with E-state index in [9.17, 15) is 13.2 Å². The Labute approximate surface area is 185 Å². The molecule has 4 nitrogen and oxygen atoms in total. The van der Waals surface area contributed by atoms with Gasteiger partial charge in [0.15, 0.2) is 0 Å². The Morgan fingerprint density at radius 1 is 1.09 bits per heavy atom. The first kappa shape index (κ1) is 22.5. The molecule has 4 rings (SSSR count). The molecule has 0 spiro atoms. The highest BCUT2D eigenvalue weighted by Gasteiger charge is 2.26. The molecule has 0 radical (unpaired) electrons. The largest absolute Gasteiger partial charge is 0.375 e. The summed E-state index contributed by atoms with van der Waals surface area (Å²) in [4.78, 5) is 4.28. The van der Waals surface area contributed by atoms with E-state index < -0.39 is 11.6 Å². The summed E-state index contributed by atoms with van der Waals surface area (Å²) in [5, 5.41) is 4.12. The van der Waals surface area contributed by atoms with Crippen molar-refractivity contribution in [2.45, 2.75) is 37.5 Å². The molecule has 0 saturated carbocycles. The minimum atomic E-state index is -0.466. The van der Waals surface area contributed by atoms with Crippen LogP contribution in [-0.4, -0.2) is 36.3 Å². The van der Waals surface area contributed by atoms with Gasteiger partial charge < -0.3 is 15.8 Å². The molecule has 3 atom stereocenters. The fourth-order valence-electron chi connectivity index (χ4n) is 4.07. The van der Waals surface area contributed by atoms with E-state index >= 15 is 0 Å². The molecular formula is C25H26F3N3O. The number of nitrogens with two attached hydrogens (primary N) is 1. The van der Waals surface area contributed by atoms with Gasteiger partial charge in [-0.15, -0.1) is 0 Å². The zero-order valence-corrected chi connectivity index (χ0v) is 17.6. The maximum absolute atomic E-state index is 13.7. The second-order valence-electron chi connectivity index (χ2n) is 8.12. The lowest BCUT2D eigenvalue weighted by molar-refractivity contribution is -0.0156. The molecule has 0 aliphatic carbocycles. The summed E-state index contributed by atoms with van der Waals surface area (Å²) >= 11 is 0. The molecule has 7 heteroatoms. The van der Waals surface area contributed by atoms with Crippen molar-refractivity contribution in [3.05, 3.63) is 83.3 Å². The standard InChI is InChI=1S/C25H26F3N3O/c26-18-3-6-22(28)17(12-18)2-1-10-30-20-5-8-25(32-15-20)23(29)13-16-9-11-31-24-7-4-19(27)14-21(16)24/h1-4,6-7,9,11-12,14,20,23,25,30H,5,8,10,13,15,29H2/t20-,23?,25+/m1/s1. The second-order valence-corrected chi connectivity index (χ2v) is 8.12. The van der Waals surface area contributed by atoms with E-state index in [4.69, 9.17) is 10.5 Å². The van der Waals surface area contributed by atoms with Crippen LogP contribution in [0.4, 0.5) is 13.2 Å². The molecule has 0 amide bonds. The molecule has 1 aliphatic rings. The average molecular weight is 441 g/mol. The number of hydrogen-bond acceptors (Lipinski definition) is 4. The molecule has 2 heterocycles. The summed E-state index contributed by atoms with van der Waals surface area (Å²) in [5.74, 6) is -1.21. The third-order valence-corrected chi connectivity index (χ3v) is 5.82. The van der Waals surface area contributed by atoms with Crippen LogP contribution in [-0.2, 0) is 11.2 Å². The summed E-state index contributed by atoms with van der Waals surface area (Å²) < 4.78 is 46.5. The topological polar surface area (TPSA) is 60.2 Å². The van der Waals surface area contributed by atoms with Crippen molar-refractivity contribution in [1.29, 1.82) is 0 Å². The first-order chi connectivity index (χ1) is 15.5. The molecule has 3 N–H and O–H groups in total. The first-order valence-electron chi connectivity index (χ1n) is 10.7. The normalized spacial score (nSPS) is 20.1. The number of pyridine rings is 1. The van der Waals surface area contributed by atoms with Crippen molar-refractivity contribution in [2.24, 2.45) is 5.73 Å². The Balaban J connectivity index is 1.26. The van der Waals surface area contributed by atoms with Crippen LogP contribution in [0.25, 0.3) is 17.0 Å². The van der Waals surface area contributed by atoms with Gasteiger partial charge in [-0.05, 0) is 67.3 Å². The third kappa shape index (κ3) is 5.54. The van der Waals surface area contributed by atoms with Crippen molar-refractivity contribution in [2.75, 3.05) is 13.2 Å². The van der Waals surface area contributed by atoms with Crippen molar-refractivity contribution >= 4 is 17.0 Å². The smallest absolute Gasteiger partial charge is 0.130 e. The van der Waals surface area contributed by atoms with Crippen molar-refractivity contribution < 1.29 is 17.9 Å². The third-order valence-electron chi connectivity index (χ3n) is 5.82. The maximum Gasteiger partial charge on any atom is 0.130 e. The quantitative estimate of drug-likeness (QED) is 0.572. The van der Waals surface area contributed by atoms with Gasteiger partial charge >= 0.3 is 0 Å². The van der Waals surface area contributed by atoms with Crippen LogP contribution in [0, 0.1) is 17.5 Å². The predicted octanol–water partition coefficient (Wildman–Crippen LogP) is 4.37. The van der Waals surface area contributed by atoms with E-state index in [0.717, 1.165) is 41.4 Å². The number of hydrogen-bond donors (Lipinski definition) is 2. The summed E-state index contributed by atoms with van der Waals surface area (Å²) in [6.07, 6.45) is 7.24. The van der Waals surface area contributed by atoms with E-state index in [1.165, 1.54) is 18.2 Å². The fraction of sp³-hybridized carbons (Fsp3) is 0.320. The zero-order valence-electron chi connectivity index (χ0n) is 17.6. The van der Waals surface area contributed by atoms with Gasteiger partial charge in [0.1, 0.15) is 17.5 Å². The Hall–Kier alpha value is -2.74. The van der Waals surface area contributed by atoms with E-state index in [-0.39, 0.29) is 29.6 Å². The number of aromatic nitrogens is 1. The van der Waals surface area contributed by atoms with Crippen molar-refractivity contribution in [1.82, 2.24) is 10.3 Å². The zero-order chi connectivity index (χ0) is 22.5. The molecule has 1 unspecified atom stereocenters. The number of ether oxygens (including phenoxy) is 1. The second kappa shape index (κ2) is 10.3. The average Bonchev–Trinajstić information content (AvgIpc) is 2.79. The van der Waals surface area contributed by atoms with Gasteiger partial charge in [-0.1, -0.05) is 12.2 Å². The van der Waals surface area contributed by atoms with Gasteiger partial charge in [-0.3, -0.25) is 4.98 Å². The Morgan fingerprint density at radius 2 is 1.91 bits per heavy atom. The molecule has 1 aromatic heterocycles. The lowest BCUT2D eigenvalue weighted by Crippen LogP contribution is -2.47. The van der Waals surface area contributed by atoms with Crippen LogP contribution >= 0.6 is 0 Å². The molecule has 1 saturated heterocycles. The summed E-state index contributed by atoms with van der Waals surface area (Å²) in [6.45, 7) is 1.04. The number of benzene rings is 2. The van der Waals surface area contributed by atoms with E-state index in [1.54, 1.807) is 24.4 Å². The molecule has 2 aromatic carbocycles. The van der Waals surface area contributed by atoms with Gasteiger partial charge in [0.25, 0.3) is 0 Å². The molecule has 1 aliphatic heterocycles. The highest BCUT2D eigenvalue weighted by atomic mass is 19.1. The fourth-order valence-corrected chi connectivity index (χ4v) is 4.07. The van der Waals surface area contributed by atoms with Gasteiger partial charge in [-0.2, -0.15) is 0 Å². The van der Waals surface area contributed by atoms with Crippen LogP contribution < -0.4 is 11.1 Å². The Kier molecular flexibility index (Phi) is 7.19. The monoisotopic (exact) mass is 441 g/mol. The molecule has 32 heavy (non-hydrogen) atoms. The number of nitrogens with zero attached hydrogens (tertiary/aromatic N) is 1. The molecular weight excluding hydrogens is 415 g/mol. The Bertz CT molecular complexity index is 1100. The first-order valence-corrected chi connectivity index (χ1v) is 10.7. The predicted molar refractivity (Wildman–Crippen MR) is 120 cm³/mol. The van der Waals surface area contributed by atoms with Crippen LogP contribution in [0.2, 0.25) is 0 Å². The maximum atomic E-state index is 13.7. The Morgan fingerprint density at radius 3 is 2.72 bits per heavy atom. The van der Waals surface area contributed by atoms with Crippen molar-refractivity contribution in [3.63, 3.8) is 0 Å². The van der Waals surface area contributed by atoms with E-state index in [1.807, 2.05) is 6.07 Å². The highest BCUT2D eigenvalue weighted by Crippen LogP contribution is 2.23. The molecule has 1 fully saturated rings. The van der Waals surface area contributed by atoms with Crippen LogP contribution in [0.3, 0.4) is 0 Å². The lowest BCUT2D eigenvalue weighted by Gasteiger charge is -2.33. The van der Waals surface area contributed by atoms with Gasteiger partial charge in [-0.25, -0.2) is 13.2 Å². The van der Waals surface area contributed by atoms with Gasteiger partial charge in [0.2, 0.25) is 0 Å². The summed E-state index contributed by atoms with van der Waals surface area (Å²) in [7, 11) is 0. The lowest BCUT2D eigenvalue weighted by atomic mass is 9.94. The van der Waals surface area contributed by atoms with Crippen LogP contribution in [0.15, 0.2) is 54.7 Å². The number of rotatable bonds is 7.